The van der Waals surface area contributed by atoms with Crippen LogP contribution < -0.4 is 26.0 Å². The van der Waals surface area contributed by atoms with Gasteiger partial charge >= 0.3 is 6.03 Å². The van der Waals surface area contributed by atoms with Crippen LogP contribution >= 0.6 is 0 Å². The van der Waals surface area contributed by atoms with Crippen LogP contribution in [0.1, 0.15) is 12.0 Å². The van der Waals surface area contributed by atoms with E-state index in [4.69, 9.17) is 4.74 Å². The van der Waals surface area contributed by atoms with Crippen LogP contribution in [0.15, 0.2) is 30.5 Å². The van der Waals surface area contributed by atoms with Gasteiger partial charge in [0.2, 0.25) is 0 Å². The third kappa shape index (κ3) is 3.19. The van der Waals surface area contributed by atoms with Crippen LogP contribution in [-0.2, 0) is 6.42 Å². The maximum atomic E-state index is 11.7. The van der Waals surface area contributed by atoms with Gasteiger partial charge in [-0.2, -0.15) is 9.61 Å². The van der Waals surface area contributed by atoms with Crippen molar-refractivity contribution in [2.45, 2.75) is 12.8 Å². The zero-order valence-electron chi connectivity index (χ0n) is 15.2. The predicted octanol–water partition coefficient (Wildman–Crippen LogP) is 2.59. The summed E-state index contributed by atoms with van der Waals surface area (Å²) in [5, 5.41) is 16.0. The molecule has 0 atom stereocenters. The molecule has 0 spiro atoms. The maximum Gasteiger partial charge on any atom is 0.319 e. The highest BCUT2D eigenvalue weighted by atomic mass is 16.5. The molecule has 0 saturated carbocycles. The SMILES string of the molecule is CNC(=O)Nc1cnn2c(NC)cc(Nc3cccc4c3OCCC4)nc12. The second-order valence-electron chi connectivity index (χ2n) is 6.15. The molecule has 3 heterocycles. The summed E-state index contributed by atoms with van der Waals surface area (Å²) >= 11 is 0. The summed E-state index contributed by atoms with van der Waals surface area (Å²) in [6, 6.07) is 7.57. The monoisotopic (exact) mass is 367 g/mol. The molecular formula is C18H21N7O2. The highest BCUT2D eigenvalue weighted by Crippen LogP contribution is 2.35. The molecular weight excluding hydrogens is 346 g/mol. The molecule has 0 bridgehead atoms. The summed E-state index contributed by atoms with van der Waals surface area (Å²) < 4.78 is 7.49. The van der Waals surface area contributed by atoms with Gasteiger partial charge in [0.05, 0.1) is 18.5 Å². The van der Waals surface area contributed by atoms with E-state index in [1.807, 2.05) is 18.2 Å². The van der Waals surface area contributed by atoms with Crippen molar-refractivity contribution in [2.75, 3.05) is 36.7 Å². The minimum Gasteiger partial charge on any atom is -0.491 e. The Labute approximate surface area is 156 Å². The van der Waals surface area contributed by atoms with Crippen LogP contribution in [0.5, 0.6) is 5.75 Å². The second kappa shape index (κ2) is 7.02. The van der Waals surface area contributed by atoms with Crippen LogP contribution in [-0.4, -0.2) is 41.3 Å². The molecule has 0 aliphatic carbocycles. The Morgan fingerprint density at radius 2 is 2.15 bits per heavy atom. The fourth-order valence-corrected chi connectivity index (χ4v) is 3.10. The van der Waals surface area contributed by atoms with Crippen molar-refractivity contribution >= 4 is 34.7 Å². The molecule has 0 fully saturated rings. The minimum absolute atomic E-state index is 0.332. The number of benzene rings is 1. The van der Waals surface area contributed by atoms with Crippen molar-refractivity contribution in [1.29, 1.82) is 0 Å². The first-order valence-corrected chi connectivity index (χ1v) is 8.76. The Hall–Kier alpha value is -3.49. The average Bonchev–Trinajstić information content (AvgIpc) is 3.10. The highest BCUT2D eigenvalue weighted by molar-refractivity contribution is 5.93. The topological polar surface area (TPSA) is 105 Å². The number of hydrogen-bond donors (Lipinski definition) is 4. The first kappa shape index (κ1) is 17.0. The predicted molar refractivity (Wildman–Crippen MR) is 104 cm³/mol. The van der Waals surface area contributed by atoms with E-state index < -0.39 is 0 Å². The number of carbonyl (C=O) groups is 1. The van der Waals surface area contributed by atoms with Gasteiger partial charge in [0.25, 0.3) is 0 Å². The number of nitrogens with one attached hydrogen (secondary N) is 4. The van der Waals surface area contributed by atoms with E-state index in [0.29, 0.717) is 23.8 Å². The van der Waals surface area contributed by atoms with Crippen molar-refractivity contribution in [3.8, 4) is 5.75 Å². The fraction of sp³-hybridized carbons (Fsp3) is 0.278. The lowest BCUT2D eigenvalue weighted by atomic mass is 10.1. The number of para-hydroxylation sites is 1. The van der Waals surface area contributed by atoms with E-state index >= 15 is 0 Å². The molecule has 2 aromatic heterocycles. The lowest BCUT2D eigenvalue weighted by Crippen LogP contribution is -2.24. The van der Waals surface area contributed by atoms with E-state index in [1.54, 1.807) is 24.8 Å². The van der Waals surface area contributed by atoms with E-state index in [0.717, 1.165) is 30.1 Å². The molecule has 4 N–H and O–H groups in total. The molecule has 1 aliphatic heterocycles. The Bertz CT molecular complexity index is 999. The number of fused-ring (bicyclic) bond motifs is 2. The number of rotatable bonds is 4. The van der Waals surface area contributed by atoms with Gasteiger partial charge in [-0.25, -0.2) is 9.78 Å². The van der Waals surface area contributed by atoms with E-state index in [-0.39, 0.29) is 6.03 Å². The fourth-order valence-electron chi connectivity index (χ4n) is 3.10. The van der Waals surface area contributed by atoms with Crippen LogP contribution in [0.2, 0.25) is 0 Å². The van der Waals surface area contributed by atoms with Gasteiger partial charge in [-0.05, 0) is 24.5 Å². The summed E-state index contributed by atoms with van der Waals surface area (Å²) in [5.74, 6) is 2.22. The number of urea groups is 1. The van der Waals surface area contributed by atoms with Crippen molar-refractivity contribution < 1.29 is 9.53 Å². The van der Waals surface area contributed by atoms with Gasteiger partial charge in [-0.3, -0.25) is 0 Å². The number of hydrogen-bond acceptors (Lipinski definition) is 6. The Kier molecular flexibility index (Phi) is 4.41. The summed E-state index contributed by atoms with van der Waals surface area (Å²) in [5.41, 5.74) is 3.10. The lowest BCUT2D eigenvalue weighted by Gasteiger charge is -2.21. The molecule has 1 aromatic carbocycles. The molecule has 9 nitrogen and oxygen atoms in total. The first-order valence-electron chi connectivity index (χ1n) is 8.76. The summed E-state index contributed by atoms with van der Waals surface area (Å²) in [7, 11) is 3.36. The second-order valence-corrected chi connectivity index (χ2v) is 6.15. The van der Waals surface area contributed by atoms with Crippen LogP contribution in [0.3, 0.4) is 0 Å². The zero-order valence-corrected chi connectivity index (χ0v) is 15.2. The number of amides is 2. The van der Waals surface area contributed by atoms with Crippen LogP contribution in [0.25, 0.3) is 5.65 Å². The molecule has 0 saturated heterocycles. The minimum atomic E-state index is -0.332. The summed E-state index contributed by atoms with van der Waals surface area (Å²) in [4.78, 5) is 16.3. The number of anilines is 4. The van der Waals surface area contributed by atoms with Crippen molar-refractivity contribution in [2.24, 2.45) is 0 Å². The maximum absolute atomic E-state index is 11.7. The Morgan fingerprint density at radius 1 is 1.26 bits per heavy atom. The molecule has 2 amide bonds. The van der Waals surface area contributed by atoms with E-state index in [9.17, 15) is 4.79 Å². The van der Waals surface area contributed by atoms with Gasteiger partial charge in [0, 0.05) is 20.2 Å². The molecule has 9 heteroatoms. The lowest BCUT2D eigenvalue weighted by molar-refractivity contribution is 0.254. The molecule has 140 valence electrons. The molecule has 0 radical (unpaired) electrons. The van der Waals surface area contributed by atoms with Crippen molar-refractivity contribution in [3.63, 3.8) is 0 Å². The molecule has 27 heavy (non-hydrogen) atoms. The number of aromatic nitrogens is 3. The normalized spacial score (nSPS) is 12.8. The molecule has 4 rings (SSSR count). The van der Waals surface area contributed by atoms with Crippen molar-refractivity contribution in [3.05, 3.63) is 36.0 Å². The Morgan fingerprint density at radius 3 is 2.96 bits per heavy atom. The highest BCUT2D eigenvalue weighted by Gasteiger charge is 2.17. The number of carbonyl (C=O) groups excluding carboxylic acids is 1. The quantitative estimate of drug-likeness (QED) is 0.565. The molecule has 0 unspecified atom stereocenters. The largest absolute Gasteiger partial charge is 0.491 e. The standard InChI is InChI=1S/C18H21N7O2/c1-19-15-9-14(22-12-7-3-5-11-6-4-8-27-16(11)12)24-17-13(10-21-25(15)17)23-18(26)20-2/h3,5,7,9-10,19H,4,6,8H2,1-2H3,(H,22,24)(H2,20,23,26). The van der Waals surface area contributed by atoms with Crippen molar-refractivity contribution in [1.82, 2.24) is 19.9 Å². The number of aryl methyl sites for hydroxylation is 1. The third-order valence-corrected chi connectivity index (χ3v) is 4.40. The van der Waals surface area contributed by atoms with Crippen LogP contribution in [0, 0.1) is 0 Å². The molecule has 3 aromatic rings. The Balaban J connectivity index is 1.74. The molecule has 1 aliphatic rings. The van der Waals surface area contributed by atoms with Gasteiger partial charge in [-0.1, -0.05) is 12.1 Å². The number of ether oxygens (including phenoxy) is 1. The summed E-state index contributed by atoms with van der Waals surface area (Å²) in [6.07, 6.45) is 3.59. The van der Waals surface area contributed by atoms with E-state index in [1.165, 1.54) is 5.56 Å². The third-order valence-electron chi connectivity index (χ3n) is 4.40. The smallest absolute Gasteiger partial charge is 0.319 e. The van der Waals surface area contributed by atoms with Gasteiger partial charge < -0.3 is 26.0 Å². The number of nitrogens with zero attached hydrogens (tertiary/aromatic N) is 3. The summed E-state index contributed by atoms with van der Waals surface area (Å²) in [6.45, 7) is 0.711. The van der Waals surface area contributed by atoms with Gasteiger partial charge in [-0.15, -0.1) is 0 Å². The van der Waals surface area contributed by atoms with Gasteiger partial charge in [0.15, 0.2) is 5.65 Å². The van der Waals surface area contributed by atoms with E-state index in [2.05, 4.69) is 37.4 Å². The van der Waals surface area contributed by atoms with Crippen LogP contribution in [0.4, 0.5) is 27.8 Å². The first-order chi connectivity index (χ1) is 13.2. The zero-order chi connectivity index (χ0) is 18.8. The van der Waals surface area contributed by atoms with Gasteiger partial charge in [0.1, 0.15) is 23.1 Å². The average molecular weight is 367 g/mol.